The monoisotopic (exact) mass is 253 g/mol. The van der Waals surface area contributed by atoms with Crippen LogP contribution in [0, 0.1) is 12.3 Å². The van der Waals surface area contributed by atoms with Crippen LogP contribution >= 0.6 is 11.6 Å². The highest BCUT2D eigenvalue weighted by Gasteiger charge is 2.42. The first-order chi connectivity index (χ1) is 7.96. The minimum absolute atomic E-state index is 0.443. The summed E-state index contributed by atoms with van der Waals surface area (Å²) >= 11 is 6.10. The summed E-state index contributed by atoms with van der Waals surface area (Å²) in [7, 11) is 1.68. The fraction of sp³-hybridized carbons (Fsp3) is 0.571. The van der Waals surface area contributed by atoms with Crippen LogP contribution in [0.15, 0.2) is 12.1 Å². The van der Waals surface area contributed by atoms with Crippen LogP contribution in [0.25, 0.3) is 0 Å². The highest BCUT2D eigenvalue weighted by atomic mass is 35.5. The second-order valence-corrected chi connectivity index (χ2v) is 5.73. The lowest BCUT2D eigenvalue weighted by Crippen LogP contribution is -2.25. The van der Waals surface area contributed by atoms with E-state index in [1.165, 1.54) is 12.8 Å². The fourth-order valence-electron chi connectivity index (χ4n) is 1.98. The van der Waals surface area contributed by atoms with Gasteiger partial charge in [0, 0.05) is 17.1 Å². The maximum atomic E-state index is 6.10. The molecule has 1 unspecified atom stereocenters. The molecule has 0 aliphatic heterocycles. The van der Waals surface area contributed by atoms with Crippen LogP contribution in [-0.2, 0) is 0 Å². The summed E-state index contributed by atoms with van der Waals surface area (Å²) < 4.78 is 5.37. The van der Waals surface area contributed by atoms with E-state index in [0.717, 1.165) is 22.0 Å². The molecule has 1 aliphatic carbocycles. The number of hydrogen-bond acceptors (Lipinski definition) is 2. The molecule has 0 bridgehead atoms. The van der Waals surface area contributed by atoms with Crippen molar-refractivity contribution in [2.24, 2.45) is 5.41 Å². The van der Waals surface area contributed by atoms with Crippen molar-refractivity contribution in [1.82, 2.24) is 0 Å². The van der Waals surface area contributed by atoms with Crippen molar-refractivity contribution in [3.05, 3.63) is 22.7 Å². The van der Waals surface area contributed by atoms with E-state index in [2.05, 4.69) is 25.2 Å². The van der Waals surface area contributed by atoms with E-state index >= 15 is 0 Å². The number of halogens is 1. The van der Waals surface area contributed by atoms with Crippen molar-refractivity contribution in [2.75, 3.05) is 12.4 Å². The van der Waals surface area contributed by atoms with Crippen LogP contribution in [-0.4, -0.2) is 13.2 Å². The van der Waals surface area contributed by atoms with Crippen molar-refractivity contribution < 1.29 is 4.74 Å². The molecule has 17 heavy (non-hydrogen) atoms. The van der Waals surface area contributed by atoms with Gasteiger partial charge >= 0.3 is 0 Å². The van der Waals surface area contributed by atoms with Gasteiger partial charge in [0.2, 0.25) is 0 Å². The molecular formula is C14H20ClNO. The van der Waals surface area contributed by atoms with Gasteiger partial charge in [-0.05, 0) is 43.7 Å². The van der Waals surface area contributed by atoms with Crippen LogP contribution < -0.4 is 10.1 Å². The van der Waals surface area contributed by atoms with Crippen molar-refractivity contribution in [2.45, 2.75) is 39.7 Å². The van der Waals surface area contributed by atoms with Gasteiger partial charge in [-0.1, -0.05) is 18.5 Å². The molecule has 2 nitrogen and oxygen atoms in total. The molecule has 0 heterocycles. The van der Waals surface area contributed by atoms with Gasteiger partial charge in [-0.25, -0.2) is 0 Å². The third-order valence-electron chi connectivity index (χ3n) is 3.94. The van der Waals surface area contributed by atoms with E-state index in [0.29, 0.717) is 11.5 Å². The Kier molecular flexibility index (Phi) is 3.26. The third kappa shape index (κ3) is 2.52. The largest absolute Gasteiger partial charge is 0.495 e. The molecule has 0 radical (unpaired) electrons. The number of nitrogens with one attached hydrogen (secondary N) is 1. The van der Waals surface area contributed by atoms with Gasteiger partial charge in [0.1, 0.15) is 5.75 Å². The van der Waals surface area contributed by atoms with Crippen LogP contribution in [0.4, 0.5) is 5.69 Å². The van der Waals surface area contributed by atoms with E-state index in [9.17, 15) is 0 Å². The van der Waals surface area contributed by atoms with E-state index in [4.69, 9.17) is 16.3 Å². The fourth-order valence-corrected chi connectivity index (χ4v) is 2.14. The number of benzene rings is 1. The van der Waals surface area contributed by atoms with Gasteiger partial charge in [0.15, 0.2) is 0 Å². The maximum absolute atomic E-state index is 6.10. The van der Waals surface area contributed by atoms with Gasteiger partial charge in [0.25, 0.3) is 0 Å². The molecule has 0 amide bonds. The lowest BCUT2D eigenvalue weighted by molar-refractivity contribution is 0.414. The smallest absolute Gasteiger partial charge is 0.143 e. The Morgan fingerprint density at radius 2 is 2.06 bits per heavy atom. The zero-order valence-corrected chi connectivity index (χ0v) is 11.7. The van der Waals surface area contributed by atoms with Crippen molar-refractivity contribution in [1.29, 1.82) is 0 Å². The molecule has 1 saturated carbocycles. The molecule has 3 heteroatoms. The molecule has 2 rings (SSSR count). The number of hydrogen-bond donors (Lipinski definition) is 1. The second-order valence-electron chi connectivity index (χ2n) is 5.32. The molecule has 1 atom stereocenters. The summed E-state index contributed by atoms with van der Waals surface area (Å²) in [6.45, 7) is 6.56. The van der Waals surface area contributed by atoms with E-state index in [1.54, 1.807) is 7.11 Å². The molecule has 0 aromatic heterocycles. The van der Waals surface area contributed by atoms with E-state index in [1.807, 2.05) is 13.0 Å². The molecule has 1 N–H and O–H groups in total. The molecular weight excluding hydrogens is 234 g/mol. The summed E-state index contributed by atoms with van der Waals surface area (Å²) in [5.74, 6) is 0.816. The van der Waals surface area contributed by atoms with Gasteiger partial charge in [0.05, 0.1) is 12.8 Å². The maximum Gasteiger partial charge on any atom is 0.143 e. The summed E-state index contributed by atoms with van der Waals surface area (Å²) in [4.78, 5) is 0. The van der Waals surface area contributed by atoms with Gasteiger partial charge in [-0.15, -0.1) is 0 Å². The minimum Gasteiger partial charge on any atom is -0.495 e. The quantitative estimate of drug-likeness (QED) is 0.866. The second kappa shape index (κ2) is 4.41. The van der Waals surface area contributed by atoms with Crippen LogP contribution in [0.2, 0.25) is 5.02 Å². The molecule has 0 saturated heterocycles. The zero-order chi connectivity index (χ0) is 12.6. The first kappa shape index (κ1) is 12.6. The Labute approximate surface area is 108 Å². The summed E-state index contributed by atoms with van der Waals surface area (Å²) in [5, 5.41) is 4.30. The van der Waals surface area contributed by atoms with Crippen LogP contribution in [0.5, 0.6) is 5.75 Å². The Hall–Kier alpha value is -0.890. The molecule has 1 aromatic carbocycles. The summed E-state index contributed by atoms with van der Waals surface area (Å²) in [6, 6.07) is 4.39. The number of methoxy groups -OCH3 is 1. The lowest BCUT2D eigenvalue weighted by Gasteiger charge is -2.23. The number of rotatable bonds is 4. The Morgan fingerprint density at radius 3 is 2.59 bits per heavy atom. The normalized spacial score (nSPS) is 18.6. The van der Waals surface area contributed by atoms with Crippen molar-refractivity contribution in [3.8, 4) is 5.75 Å². The predicted octanol–water partition coefficient (Wildman–Crippen LogP) is 4.26. The highest BCUT2D eigenvalue weighted by Crippen LogP contribution is 2.49. The number of anilines is 1. The standard InChI is InChI=1S/C14H20ClNO/c1-9-7-12(13(17-4)8-11(9)15)16-10(2)14(3)5-6-14/h7-8,10,16H,5-6H2,1-4H3. The minimum atomic E-state index is 0.443. The van der Waals surface area contributed by atoms with Gasteiger partial charge in [-0.2, -0.15) is 0 Å². The molecule has 1 aromatic rings. The molecule has 1 fully saturated rings. The summed E-state index contributed by atoms with van der Waals surface area (Å²) in [6.07, 6.45) is 2.60. The molecule has 94 valence electrons. The lowest BCUT2D eigenvalue weighted by atomic mass is 10.0. The first-order valence-electron chi connectivity index (χ1n) is 6.07. The third-order valence-corrected chi connectivity index (χ3v) is 4.34. The predicted molar refractivity (Wildman–Crippen MR) is 73.2 cm³/mol. The van der Waals surface area contributed by atoms with E-state index in [-0.39, 0.29) is 0 Å². The van der Waals surface area contributed by atoms with Crippen molar-refractivity contribution in [3.63, 3.8) is 0 Å². The number of aryl methyl sites for hydroxylation is 1. The Bertz CT molecular complexity index is 426. The highest BCUT2D eigenvalue weighted by molar-refractivity contribution is 6.31. The molecule has 0 spiro atoms. The SMILES string of the molecule is COc1cc(Cl)c(C)cc1NC(C)C1(C)CC1. The van der Waals surface area contributed by atoms with Gasteiger partial charge in [-0.3, -0.25) is 0 Å². The van der Waals surface area contributed by atoms with Crippen molar-refractivity contribution >= 4 is 17.3 Å². The first-order valence-corrected chi connectivity index (χ1v) is 6.45. The average molecular weight is 254 g/mol. The number of ether oxygens (including phenoxy) is 1. The van der Waals surface area contributed by atoms with Crippen LogP contribution in [0.1, 0.15) is 32.3 Å². The van der Waals surface area contributed by atoms with Crippen LogP contribution in [0.3, 0.4) is 0 Å². The topological polar surface area (TPSA) is 21.3 Å². The van der Waals surface area contributed by atoms with E-state index < -0.39 is 0 Å². The Morgan fingerprint density at radius 1 is 1.41 bits per heavy atom. The molecule has 1 aliphatic rings. The average Bonchev–Trinajstić information content (AvgIpc) is 3.03. The summed E-state index contributed by atoms with van der Waals surface area (Å²) in [5.41, 5.74) is 2.55. The zero-order valence-electron chi connectivity index (χ0n) is 10.9. The van der Waals surface area contributed by atoms with Gasteiger partial charge < -0.3 is 10.1 Å². The Balaban J connectivity index is 2.22.